The largest absolute Gasteiger partial charge is 0.468 e. The van der Waals surface area contributed by atoms with Gasteiger partial charge >= 0.3 is 0 Å². The van der Waals surface area contributed by atoms with Crippen LogP contribution in [0.15, 0.2) is 41.0 Å². The van der Waals surface area contributed by atoms with Crippen LogP contribution in [0.3, 0.4) is 0 Å². The summed E-state index contributed by atoms with van der Waals surface area (Å²) in [5.74, 6) is 0.932. The SMILES string of the molecule is Cc1cc(C#N)ccc1CN[C@@H](C)c1ccco1. The molecule has 0 radical (unpaired) electrons. The summed E-state index contributed by atoms with van der Waals surface area (Å²) in [6.07, 6.45) is 1.68. The van der Waals surface area contributed by atoms with E-state index in [1.807, 2.05) is 37.3 Å². The van der Waals surface area contributed by atoms with Crippen LogP contribution in [-0.4, -0.2) is 0 Å². The Morgan fingerprint density at radius 2 is 2.22 bits per heavy atom. The summed E-state index contributed by atoms with van der Waals surface area (Å²) in [4.78, 5) is 0. The molecule has 2 aromatic rings. The summed E-state index contributed by atoms with van der Waals surface area (Å²) in [5, 5.41) is 12.2. The molecule has 0 bridgehead atoms. The van der Waals surface area contributed by atoms with Crippen molar-refractivity contribution >= 4 is 0 Å². The van der Waals surface area contributed by atoms with Crippen LogP contribution in [0, 0.1) is 18.3 Å². The third kappa shape index (κ3) is 2.79. The number of nitriles is 1. The van der Waals surface area contributed by atoms with Gasteiger partial charge in [0.25, 0.3) is 0 Å². The Kier molecular flexibility index (Phi) is 3.81. The van der Waals surface area contributed by atoms with E-state index < -0.39 is 0 Å². The Morgan fingerprint density at radius 1 is 1.39 bits per heavy atom. The molecule has 0 aliphatic rings. The van der Waals surface area contributed by atoms with Crippen molar-refractivity contribution in [2.75, 3.05) is 0 Å². The van der Waals surface area contributed by atoms with Gasteiger partial charge in [-0.05, 0) is 49.2 Å². The highest BCUT2D eigenvalue weighted by molar-refractivity contribution is 5.37. The van der Waals surface area contributed by atoms with E-state index in [-0.39, 0.29) is 6.04 Å². The minimum absolute atomic E-state index is 0.176. The number of rotatable bonds is 4. The first-order valence-electron chi connectivity index (χ1n) is 5.97. The highest BCUT2D eigenvalue weighted by Gasteiger charge is 2.08. The molecule has 1 N–H and O–H groups in total. The van der Waals surface area contributed by atoms with E-state index in [0.717, 1.165) is 17.9 Å². The lowest BCUT2D eigenvalue weighted by molar-refractivity contribution is 0.430. The number of aryl methyl sites for hydroxylation is 1. The third-order valence-electron chi connectivity index (χ3n) is 3.04. The van der Waals surface area contributed by atoms with Gasteiger partial charge in [-0.25, -0.2) is 0 Å². The van der Waals surface area contributed by atoms with Crippen molar-refractivity contribution in [2.45, 2.75) is 26.4 Å². The molecule has 1 aromatic heterocycles. The molecule has 1 heterocycles. The molecule has 0 aliphatic heterocycles. The summed E-state index contributed by atoms with van der Waals surface area (Å²) >= 11 is 0. The molecule has 0 saturated carbocycles. The minimum Gasteiger partial charge on any atom is -0.468 e. The molecular weight excluding hydrogens is 224 g/mol. The fraction of sp³-hybridized carbons (Fsp3) is 0.267. The lowest BCUT2D eigenvalue weighted by Gasteiger charge is -2.13. The molecule has 0 saturated heterocycles. The standard InChI is InChI=1S/C15H16N2O/c1-11-8-13(9-16)5-6-14(11)10-17-12(2)15-4-3-7-18-15/h3-8,12,17H,10H2,1-2H3/t12-/m0/s1. The zero-order valence-electron chi connectivity index (χ0n) is 10.6. The number of hydrogen-bond acceptors (Lipinski definition) is 3. The van der Waals surface area contributed by atoms with Crippen molar-refractivity contribution in [3.05, 3.63) is 59.0 Å². The Morgan fingerprint density at radius 3 is 2.83 bits per heavy atom. The van der Waals surface area contributed by atoms with E-state index in [4.69, 9.17) is 9.68 Å². The van der Waals surface area contributed by atoms with Gasteiger partial charge in [-0.1, -0.05) is 6.07 Å². The Hall–Kier alpha value is -2.05. The van der Waals surface area contributed by atoms with E-state index in [9.17, 15) is 0 Å². The van der Waals surface area contributed by atoms with Crippen LogP contribution in [0.4, 0.5) is 0 Å². The fourth-order valence-electron chi connectivity index (χ4n) is 1.87. The van der Waals surface area contributed by atoms with Gasteiger partial charge in [0, 0.05) is 6.54 Å². The average Bonchev–Trinajstić information content (AvgIpc) is 2.90. The smallest absolute Gasteiger partial charge is 0.120 e. The highest BCUT2D eigenvalue weighted by atomic mass is 16.3. The number of nitrogens with zero attached hydrogens (tertiary/aromatic N) is 1. The van der Waals surface area contributed by atoms with Gasteiger partial charge in [-0.2, -0.15) is 5.26 Å². The number of hydrogen-bond donors (Lipinski definition) is 1. The second kappa shape index (κ2) is 5.52. The van der Waals surface area contributed by atoms with Crippen LogP contribution >= 0.6 is 0 Å². The third-order valence-corrected chi connectivity index (χ3v) is 3.04. The second-order valence-electron chi connectivity index (χ2n) is 4.37. The maximum atomic E-state index is 8.82. The van der Waals surface area contributed by atoms with E-state index in [2.05, 4.69) is 18.3 Å². The molecule has 0 unspecified atom stereocenters. The van der Waals surface area contributed by atoms with Gasteiger partial charge in [0.15, 0.2) is 0 Å². The Bertz CT molecular complexity index is 552. The number of nitrogens with one attached hydrogen (secondary N) is 1. The van der Waals surface area contributed by atoms with Gasteiger partial charge in [0.1, 0.15) is 5.76 Å². The molecule has 18 heavy (non-hydrogen) atoms. The molecule has 2 rings (SSSR count). The van der Waals surface area contributed by atoms with Crippen molar-refractivity contribution in [1.82, 2.24) is 5.32 Å². The van der Waals surface area contributed by atoms with Crippen molar-refractivity contribution in [3.8, 4) is 6.07 Å². The molecule has 0 amide bonds. The quantitative estimate of drug-likeness (QED) is 0.891. The van der Waals surface area contributed by atoms with Crippen molar-refractivity contribution in [1.29, 1.82) is 5.26 Å². The molecule has 1 atom stereocenters. The molecule has 92 valence electrons. The Balaban J connectivity index is 2.00. The predicted octanol–water partition coefficient (Wildman–Crippen LogP) is 3.31. The molecular formula is C15H16N2O. The number of furan rings is 1. The lowest BCUT2D eigenvalue weighted by Crippen LogP contribution is -2.18. The first-order chi connectivity index (χ1) is 8.70. The highest BCUT2D eigenvalue weighted by Crippen LogP contribution is 2.15. The monoisotopic (exact) mass is 240 g/mol. The predicted molar refractivity (Wildman–Crippen MR) is 69.9 cm³/mol. The topological polar surface area (TPSA) is 49.0 Å². The molecule has 0 fully saturated rings. The van der Waals surface area contributed by atoms with Gasteiger partial charge < -0.3 is 9.73 Å². The van der Waals surface area contributed by atoms with Crippen molar-refractivity contribution in [3.63, 3.8) is 0 Å². The van der Waals surface area contributed by atoms with E-state index in [1.54, 1.807) is 6.26 Å². The summed E-state index contributed by atoms with van der Waals surface area (Å²) in [7, 11) is 0. The van der Waals surface area contributed by atoms with Gasteiger partial charge in [0.2, 0.25) is 0 Å². The van der Waals surface area contributed by atoms with Gasteiger partial charge in [-0.15, -0.1) is 0 Å². The molecule has 0 spiro atoms. The van der Waals surface area contributed by atoms with Crippen molar-refractivity contribution < 1.29 is 4.42 Å². The minimum atomic E-state index is 0.176. The Labute approximate surface area is 107 Å². The molecule has 0 aliphatic carbocycles. The van der Waals surface area contributed by atoms with Crippen LogP contribution < -0.4 is 5.32 Å². The lowest BCUT2D eigenvalue weighted by atomic mass is 10.1. The number of benzene rings is 1. The molecule has 3 nitrogen and oxygen atoms in total. The van der Waals surface area contributed by atoms with Gasteiger partial charge in [-0.3, -0.25) is 0 Å². The summed E-state index contributed by atoms with van der Waals surface area (Å²) in [5.41, 5.74) is 3.04. The van der Waals surface area contributed by atoms with E-state index in [0.29, 0.717) is 5.56 Å². The van der Waals surface area contributed by atoms with E-state index >= 15 is 0 Å². The molecule has 1 aromatic carbocycles. The summed E-state index contributed by atoms with van der Waals surface area (Å²) in [6, 6.07) is 11.9. The first-order valence-corrected chi connectivity index (χ1v) is 5.97. The van der Waals surface area contributed by atoms with Crippen molar-refractivity contribution in [2.24, 2.45) is 0 Å². The summed E-state index contributed by atoms with van der Waals surface area (Å²) in [6.45, 7) is 4.85. The van der Waals surface area contributed by atoms with Gasteiger partial charge in [0.05, 0.1) is 23.9 Å². The van der Waals surface area contributed by atoms with E-state index in [1.165, 1.54) is 5.56 Å². The maximum Gasteiger partial charge on any atom is 0.120 e. The second-order valence-corrected chi connectivity index (χ2v) is 4.37. The van der Waals surface area contributed by atoms with Crippen LogP contribution in [0.5, 0.6) is 0 Å². The normalized spacial score (nSPS) is 12.1. The first kappa shape index (κ1) is 12.4. The van der Waals surface area contributed by atoms with Crippen LogP contribution in [0.2, 0.25) is 0 Å². The average molecular weight is 240 g/mol. The maximum absolute atomic E-state index is 8.82. The zero-order chi connectivity index (χ0) is 13.0. The van der Waals surface area contributed by atoms with Crippen LogP contribution in [-0.2, 0) is 6.54 Å². The van der Waals surface area contributed by atoms with Crippen LogP contribution in [0.1, 0.15) is 35.4 Å². The summed E-state index contributed by atoms with van der Waals surface area (Å²) < 4.78 is 5.34. The van der Waals surface area contributed by atoms with Crippen LogP contribution in [0.25, 0.3) is 0 Å². The fourth-order valence-corrected chi connectivity index (χ4v) is 1.87. The zero-order valence-corrected chi connectivity index (χ0v) is 10.6. The molecule has 3 heteroatoms.